The quantitative estimate of drug-likeness (QED) is 0.696. The maximum absolute atomic E-state index is 11.4. The molecule has 2 heteroatoms. The molecule has 4 rings (SSSR count). The number of carboxylic acids is 1. The van der Waals surface area contributed by atoms with Gasteiger partial charge in [-0.25, -0.2) is 0 Å². The lowest BCUT2D eigenvalue weighted by molar-refractivity contribution is -0.169. The van der Waals surface area contributed by atoms with Gasteiger partial charge in [-0.1, -0.05) is 6.92 Å². The molecule has 2 atom stereocenters. The molecule has 0 aromatic carbocycles. The first-order valence-electron chi connectivity index (χ1n) is 5.84. The van der Waals surface area contributed by atoms with Crippen molar-refractivity contribution in [3.63, 3.8) is 0 Å². The highest BCUT2D eigenvalue weighted by Gasteiger charge is 2.57. The average molecular weight is 194 g/mol. The third kappa shape index (κ3) is 0.945. The average Bonchev–Trinajstić information content (AvgIpc) is 2.12. The van der Waals surface area contributed by atoms with E-state index >= 15 is 0 Å². The standard InChI is InChI=1S/C12H18O2/c1-7-9-2-8-3-10(7)6-12(4-8,5-9)11(13)14/h7-10H,2-6H2,1H3,(H,13,14)/t7?,8?,9-,10-,12?/m1/s1. The summed E-state index contributed by atoms with van der Waals surface area (Å²) in [7, 11) is 0. The van der Waals surface area contributed by atoms with E-state index in [4.69, 9.17) is 0 Å². The Labute approximate surface area is 84.7 Å². The van der Waals surface area contributed by atoms with Crippen LogP contribution in [0.1, 0.15) is 39.0 Å². The van der Waals surface area contributed by atoms with Gasteiger partial charge in [-0.3, -0.25) is 4.79 Å². The van der Waals surface area contributed by atoms with Crippen molar-refractivity contribution in [2.24, 2.45) is 29.1 Å². The summed E-state index contributed by atoms with van der Waals surface area (Å²) in [6.45, 7) is 2.34. The largest absolute Gasteiger partial charge is 0.481 e. The Kier molecular flexibility index (Phi) is 1.58. The zero-order valence-electron chi connectivity index (χ0n) is 8.70. The molecule has 0 unspecified atom stereocenters. The summed E-state index contributed by atoms with van der Waals surface area (Å²) in [5.74, 6) is 2.46. The molecule has 78 valence electrons. The molecule has 4 saturated carbocycles. The van der Waals surface area contributed by atoms with Gasteiger partial charge in [-0.2, -0.15) is 0 Å². The third-order valence-corrected chi connectivity index (χ3v) is 5.20. The molecule has 0 aromatic rings. The van der Waals surface area contributed by atoms with Gasteiger partial charge in [0.05, 0.1) is 5.41 Å². The topological polar surface area (TPSA) is 37.3 Å². The Morgan fingerprint density at radius 1 is 1.21 bits per heavy atom. The zero-order chi connectivity index (χ0) is 9.92. The molecule has 0 aromatic heterocycles. The second-order valence-corrected chi connectivity index (χ2v) is 5.91. The Bertz CT molecular complexity index is 268. The van der Waals surface area contributed by atoms with Crippen LogP contribution in [0.25, 0.3) is 0 Å². The van der Waals surface area contributed by atoms with Crippen molar-refractivity contribution >= 4 is 5.97 Å². The number of carboxylic acid groups (broad SMARTS) is 1. The minimum Gasteiger partial charge on any atom is -0.481 e. The Morgan fingerprint density at radius 2 is 1.79 bits per heavy atom. The lowest BCUT2D eigenvalue weighted by Crippen LogP contribution is -2.53. The van der Waals surface area contributed by atoms with E-state index in [1.807, 2.05) is 0 Å². The van der Waals surface area contributed by atoms with Gasteiger partial charge >= 0.3 is 5.97 Å². The van der Waals surface area contributed by atoms with E-state index in [0.717, 1.165) is 42.9 Å². The van der Waals surface area contributed by atoms with E-state index in [1.54, 1.807) is 0 Å². The van der Waals surface area contributed by atoms with Crippen molar-refractivity contribution < 1.29 is 9.90 Å². The summed E-state index contributed by atoms with van der Waals surface area (Å²) < 4.78 is 0. The van der Waals surface area contributed by atoms with Gasteiger partial charge < -0.3 is 5.11 Å². The molecule has 14 heavy (non-hydrogen) atoms. The fraction of sp³-hybridized carbons (Fsp3) is 0.917. The first-order chi connectivity index (χ1) is 6.61. The highest BCUT2D eigenvalue weighted by Crippen LogP contribution is 2.62. The minimum absolute atomic E-state index is 0.303. The lowest BCUT2D eigenvalue weighted by Gasteiger charge is -2.57. The Balaban J connectivity index is 1.96. The highest BCUT2D eigenvalue weighted by atomic mass is 16.4. The third-order valence-electron chi connectivity index (χ3n) is 5.20. The van der Waals surface area contributed by atoms with Gasteiger partial charge in [0.1, 0.15) is 0 Å². The van der Waals surface area contributed by atoms with E-state index < -0.39 is 5.97 Å². The number of hydrogen-bond acceptors (Lipinski definition) is 1. The van der Waals surface area contributed by atoms with Crippen molar-refractivity contribution in [1.29, 1.82) is 0 Å². The van der Waals surface area contributed by atoms with Crippen LogP contribution >= 0.6 is 0 Å². The van der Waals surface area contributed by atoms with Crippen molar-refractivity contribution in [2.45, 2.75) is 39.0 Å². The van der Waals surface area contributed by atoms with Gasteiger partial charge in [-0.15, -0.1) is 0 Å². The number of carbonyl (C=O) groups is 1. The van der Waals surface area contributed by atoms with Crippen molar-refractivity contribution in [2.75, 3.05) is 0 Å². The molecule has 0 saturated heterocycles. The molecule has 4 aliphatic carbocycles. The molecule has 0 heterocycles. The monoisotopic (exact) mass is 194 g/mol. The summed E-state index contributed by atoms with van der Waals surface area (Å²) in [6, 6.07) is 0. The van der Waals surface area contributed by atoms with Crippen LogP contribution in [0.2, 0.25) is 0 Å². The number of aliphatic carboxylic acids is 1. The maximum Gasteiger partial charge on any atom is 0.309 e. The number of rotatable bonds is 1. The van der Waals surface area contributed by atoms with Crippen molar-refractivity contribution in [1.82, 2.24) is 0 Å². The SMILES string of the molecule is CC1[C@@H]2CC3C[C@@H]1CC(C(=O)O)(C3)C2. The van der Waals surface area contributed by atoms with Crippen LogP contribution in [0.5, 0.6) is 0 Å². The van der Waals surface area contributed by atoms with E-state index in [-0.39, 0.29) is 5.41 Å². The van der Waals surface area contributed by atoms with E-state index in [2.05, 4.69) is 6.92 Å². The van der Waals surface area contributed by atoms with Crippen molar-refractivity contribution in [3.05, 3.63) is 0 Å². The predicted octanol–water partition coefficient (Wildman–Crippen LogP) is 2.53. The van der Waals surface area contributed by atoms with Crippen LogP contribution in [-0.2, 0) is 4.79 Å². The first-order valence-corrected chi connectivity index (χ1v) is 5.84. The fourth-order valence-electron chi connectivity index (χ4n) is 4.54. The van der Waals surface area contributed by atoms with Crippen LogP contribution in [0.15, 0.2) is 0 Å². The number of hydrogen-bond donors (Lipinski definition) is 1. The first kappa shape index (κ1) is 8.75. The highest BCUT2D eigenvalue weighted by molar-refractivity contribution is 5.75. The lowest BCUT2D eigenvalue weighted by atomic mass is 9.46. The maximum atomic E-state index is 11.4. The van der Waals surface area contributed by atoms with Crippen LogP contribution in [0.3, 0.4) is 0 Å². The summed E-state index contributed by atoms with van der Waals surface area (Å²) in [6.07, 6.45) is 5.54. The molecule has 0 radical (unpaired) electrons. The molecule has 1 N–H and O–H groups in total. The molecular weight excluding hydrogens is 176 g/mol. The summed E-state index contributed by atoms with van der Waals surface area (Å²) in [5, 5.41) is 9.37. The molecule has 0 aliphatic heterocycles. The molecule has 0 amide bonds. The fourth-order valence-corrected chi connectivity index (χ4v) is 4.54. The van der Waals surface area contributed by atoms with Gasteiger partial charge in [0.2, 0.25) is 0 Å². The smallest absolute Gasteiger partial charge is 0.309 e. The summed E-state index contributed by atoms with van der Waals surface area (Å²) >= 11 is 0. The van der Waals surface area contributed by atoms with Gasteiger partial charge in [0.25, 0.3) is 0 Å². The summed E-state index contributed by atoms with van der Waals surface area (Å²) in [4.78, 5) is 11.4. The van der Waals surface area contributed by atoms with E-state index in [1.165, 1.54) is 12.8 Å². The zero-order valence-corrected chi connectivity index (χ0v) is 8.70. The van der Waals surface area contributed by atoms with Crippen LogP contribution < -0.4 is 0 Å². The van der Waals surface area contributed by atoms with Crippen LogP contribution in [-0.4, -0.2) is 11.1 Å². The molecular formula is C12H18O2. The second kappa shape index (κ2) is 2.53. The second-order valence-electron chi connectivity index (χ2n) is 5.91. The van der Waals surface area contributed by atoms with Gasteiger partial charge in [0, 0.05) is 0 Å². The molecule has 4 aliphatic rings. The van der Waals surface area contributed by atoms with Crippen LogP contribution in [0, 0.1) is 29.1 Å². The molecule has 0 spiro atoms. The van der Waals surface area contributed by atoms with Gasteiger partial charge in [0.15, 0.2) is 0 Å². The van der Waals surface area contributed by atoms with E-state index in [9.17, 15) is 9.90 Å². The summed E-state index contributed by atoms with van der Waals surface area (Å²) in [5.41, 5.74) is -0.303. The normalized spacial score (nSPS) is 54.9. The van der Waals surface area contributed by atoms with Crippen LogP contribution in [0.4, 0.5) is 0 Å². The predicted molar refractivity (Wildman–Crippen MR) is 52.8 cm³/mol. The molecule has 4 fully saturated rings. The Hall–Kier alpha value is -0.530. The van der Waals surface area contributed by atoms with Gasteiger partial charge in [-0.05, 0) is 55.8 Å². The molecule has 2 nitrogen and oxygen atoms in total. The Morgan fingerprint density at radius 3 is 2.29 bits per heavy atom. The minimum atomic E-state index is -0.510. The van der Waals surface area contributed by atoms with Crippen molar-refractivity contribution in [3.8, 4) is 0 Å². The molecule has 4 bridgehead atoms. The van der Waals surface area contributed by atoms with E-state index in [0.29, 0.717) is 0 Å².